The highest BCUT2D eigenvalue weighted by atomic mass is 32.2. The Morgan fingerprint density at radius 2 is 1.69 bits per heavy atom. The molecule has 0 spiro atoms. The molecule has 2 aromatic rings. The third-order valence-electron chi connectivity index (χ3n) is 4.06. The van der Waals surface area contributed by atoms with Crippen LogP contribution in [0.2, 0.25) is 0 Å². The van der Waals surface area contributed by atoms with Gasteiger partial charge in [-0.3, -0.25) is 4.79 Å². The first kappa shape index (κ1) is 19.9. The molecule has 0 aromatic heterocycles. The van der Waals surface area contributed by atoms with Crippen LogP contribution in [0.3, 0.4) is 0 Å². The largest absolute Gasteiger partial charge is 0.495 e. The fraction of sp³-hybridized carbons (Fsp3) is 0.316. The van der Waals surface area contributed by atoms with E-state index in [-0.39, 0.29) is 10.6 Å². The average Bonchev–Trinajstić information content (AvgIpc) is 2.57. The fourth-order valence-corrected chi connectivity index (χ4v) is 4.04. The van der Waals surface area contributed by atoms with Crippen LogP contribution in [0.1, 0.15) is 23.6 Å². The third kappa shape index (κ3) is 4.42. The first-order valence-electron chi connectivity index (χ1n) is 8.19. The minimum atomic E-state index is -3.92. The molecule has 0 fully saturated rings. The summed E-state index contributed by atoms with van der Waals surface area (Å²) >= 11 is 0. The van der Waals surface area contributed by atoms with Gasteiger partial charge in [-0.2, -0.15) is 4.72 Å². The van der Waals surface area contributed by atoms with Gasteiger partial charge in [-0.15, -0.1) is 0 Å². The highest BCUT2D eigenvalue weighted by molar-refractivity contribution is 7.89. The van der Waals surface area contributed by atoms with Gasteiger partial charge in [0.15, 0.2) is 0 Å². The zero-order valence-corrected chi connectivity index (χ0v) is 16.4. The highest BCUT2D eigenvalue weighted by Crippen LogP contribution is 2.25. The molecular formula is C19H24N2O4S. The van der Waals surface area contributed by atoms with Gasteiger partial charge >= 0.3 is 0 Å². The van der Waals surface area contributed by atoms with Gasteiger partial charge in [-0.05, 0) is 56.5 Å². The van der Waals surface area contributed by atoms with Gasteiger partial charge in [0.05, 0.1) is 13.2 Å². The summed E-state index contributed by atoms with van der Waals surface area (Å²) in [7, 11) is -2.51. The Morgan fingerprint density at radius 3 is 2.27 bits per heavy atom. The van der Waals surface area contributed by atoms with Crippen molar-refractivity contribution in [3.63, 3.8) is 0 Å². The first-order valence-corrected chi connectivity index (χ1v) is 9.68. The number of anilines is 1. The molecule has 0 saturated heterocycles. The number of rotatable bonds is 6. The molecule has 0 aliphatic carbocycles. The van der Waals surface area contributed by atoms with Crippen molar-refractivity contribution >= 4 is 21.6 Å². The van der Waals surface area contributed by atoms with Gasteiger partial charge in [-0.1, -0.05) is 24.3 Å². The van der Waals surface area contributed by atoms with E-state index in [1.165, 1.54) is 20.1 Å². The summed E-state index contributed by atoms with van der Waals surface area (Å²) in [5, 5.41) is 2.80. The number of carbonyl (C=O) groups excluding carboxylic acids is 1. The Bertz CT molecular complexity index is 903. The molecule has 1 amide bonds. The highest BCUT2D eigenvalue weighted by Gasteiger charge is 2.25. The number of para-hydroxylation sites is 1. The monoisotopic (exact) mass is 376 g/mol. The summed E-state index contributed by atoms with van der Waals surface area (Å²) in [6.07, 6.45) is 0. The maximum Gasteiger partial charge on any atom is 0.244 e. The molecule has 140 valence electrons. The predicted octanol–water partition coefficient (Wildman–Crippen LogP) is 2.93. The Labute approximate surface area is 154 Å². The van der Waals surface area contributed by atoms with E-state index in [0.717, 1.165) is 16.7 Å². The molecule has 0 aliphatic rings. The number of methoxy groups -OCH3 is 1. The number of benzene rings is 2. The second kappa shape index (κ2) is 7.88. The molecule has 0 saturated carbocycles. The van der Waals surface area contributed by atoms with E-state index >= 15 is 0 Å². The number of amides is 1. The molecule has 26 heavy (non-hydrogen) atoms. The molecule has 2 rings (SSSR count). The van der Waals surface area contributed by atoms with Gasteiger partial charge in [0.25, 0.3) is 0 Å². The maximum atomic E-state index is 12.7. The SMILES string of the molecule is COc1ccc(C)cc1S(=O)(=O)N[C@H](C)C(=O)Nc1c(C)cccc1C. The Kier molecular flexibility index (Phi) is 6.05. The summed E-state index contributed by atoms with van der Waals surface area (Å²) in [6.45, 7) is 7.06. The van der Waals surface area contributed by atoms with Crippen molar-refractivity contribution in [3.05, 3.63) is 53.1 Å². The molecule has 0 bridgehead atoms. The van der Waals surface area contributed by atoms with Crippen molar-refractivity contribution in [1.29, 1.82) is 0 Å². The molecule has 1 atom stereocenters. The number of sulfonamides is 1. The lowest BCUT2D eigenvalue weighted by molar-refractivity contribution is -0.117. The number of hydrogen-bond donors (Lipinski definition) is 2. The van der Waals surface area contributed by atoms with E-state index in [1.54, 1.807) is 19.1 Å². The summed E-state index contributed by atoms with van der Waals surface area (Å²) in [5.74, 6) is -0.206. The molecule has 7 heteroatoms. The lowest BCUT2D eigenvalue weighted by Crippen LogP contribution is -2.41. The molecule has 6 nitrogen and oxygen atoms in total. The average molecular weight is 376 g/mol. The summed E-state index contributed by atoms with van der Waals surface area (Å²) < 4.78 is 32.9. The van der Waals surface area contributed by atoms with Crippen LogP contribution in [0.4, 0.5) is 5.69 Å². The molecule has 2 N–H and O–H groups in total. The normalized spacial score (nSPS) is 12.5. The summed E-state index contributed by atoms with van der Waals surface area (Å²) in [5.41, 5.74) is 3.29. The topological polar surface area (TPSA) is 84.5 Å². The van der Waals surface area contributed by atoms with Crippen LogP contribution in [0.5, 0.6) is 5.75 Å². The van der Waals surface area contributed by atoms with E-state index in [2.05, 4.69) is 10.0 Å². The van der Waals surface area contributed by atoms with Gasteiger partial charge in [0.2, 0.25) is 15.9 Å². The van der Waals surface area contributed by atoms with Crippen molar-refractivity contribution in [2.24, 2.45) is 0 Å². The lowest BCUT2D eigenvalue weighted by Gasteiger charge is -2.18. The van der Waals surface area contributed by atoms with Crippen molar-refractivity contribution in [2.75, 3.05) is 12.4 Å². The van der Waals surface area contributed by atoms with E-state index < -0.39 is 22.0 Å². The van der Waals surface area contributed by atoms with Crippen LogP contribution in [-0.4, -0.2) is 27.5 Å². The summed E-state index contributed by atoms with van der Waals surface area (Å²) in [6, 6.07) is 9.57. The lowest BCUT2D eigenvalue weighted by atomic mass is 10.1. The molecular weight excluding hydrogens is 352 g/mol. The minimum absolute atomic E-state index is 0.00622. The van der Waals surface area contributed by atoms with Gasteiger partial charge in [-0.25, -0.2) is 8.42 Å². The Morgan fingerprint density at radius 1 is 1.08 bits per heavy atom. The fourth-order valence-electron chi connectivity index (χ4n) is 2.59. The minimum Gasteiger partial charge on any atom is -0.495 e. The summed E-state index contributed by atoms with van der Waals surface area (Å²) in [4.78, 5) is 12.5. The first-order chi connectivity index (χ1) is 12.2. The second-order valence-electron chi connectivity index (χ2n) is 6.25. The number of nitrogens with one attached hydrogen (secondary N) is 2. The standard InChI is InChI=1S/C19H24N2O4S/c1-12-9-10-16(25-5)17(11-12)26(23,24)21-15(4)19(22)20-18-13(2)7-6-8-14(18)3/h6-11,15,21H,1-5H3,(H,20,22)/t15-/m1/s1. The van der Waals surface area contributed by atoms with Crippen molar-refractivity contribution < 1.29 is 17.9 Å². The van der Waals surface area contributed by atoms with Crippen molar-refractivity contribution in [3.8, 4) is 5.75 Å². The molecule has 0 aliphatic heterocycles. The quantitative estimate of drug-likeness (QED) is 0.812. The third-order valence-corrected chi connectivity index (χ3v) is 5.63. The molecule has 0 unspecified atom stereocenters. The van der Waals surface area contributed by atoms with Crippen LogP contribution in [-0.2, 0) is 14.8 Å². The second-order valence-corrected chi connectivity index (χ2v) is 7.94. The van der Waals surface area contributed by atoms with Crippen LogP contribution in [0, 0.1) is 20.8 Å². The van der Waals surface area contributed by atoms with Gasteiger partial charge in [0, 0.05) is 5.69 Å². The number of hydrogen-bond acceptors (Lipinski definition) is 4. The Hall–Kier alpha value is -2.38. The van der Waals surface area contributed by atoms with Crippen LogP contribution < -0.4 is 14.8 Å². The van der Waals surface area contributed by atoms with E-state index in [9.17, 15) is 13.2 Å². The zero-order valence-electron chi connectivity index (χ0n) is 15.6. The van der Waals surface area contributed by atoms with E-state index in [4.69, 9.17) is 4.74 Å². The molecule has 0 radical (unpaired) electrons. The predicted molar refractivity (Wildman–Crippen MR) is 102 cm³/mol. The van der Waals surface area contributed by atoms with E-state index in [1.807, 2.05) is 32.0 Å². The Balaban J connectivity index is 2.22. The maximum absolute atomic E-state index is 12.7. The molecule has 0 heterocycles. The van der Waals surface area contributed by atoms with Crippen LogP contribution in [0.15, 0.2) is 41.3 Å². The van der Waals surface area contributed by atoms with Crippen molar-refractivity contribution in [1.82, 2.24) is 4.72 Å². The van der Waals surface area contributed by atoms with Crippen molar-refractivity contribution in [2.45, 2.75) is 38.6 Å². The van der Waals surface area contributed by atoms with Crippen LogP contribution in [0.25, 0.3) is 0 Å². The smallest absolute Gasteiger partial charge is 0.244 e. The number of carbonyl (C=O) groups is 1. The number of ether oxygens (including phenoxy) is 1. The zero-order chi connectivity index (χ0) is 19.5. The van der Waals surface area contributed by atoms with Gasteiger partial charge in [0.1, 0.15) is 10.6 Å². The van der Waals surface area contributed by atoms with E-state index in [0.29, 0.717) is 5.69 Å². The number of aryl methyl sites for hydroxylation is 3. The molecule has 2 aromatic carbocycles. The van der Waals surface area contributed by atoms with Gasteiger partial charge < -0.3 is 10.1 Å². The van der Waals surface area contributed by atoms with Crippen LogP contribution >= 0.6 is 0 Å².